The Labute approximate surface area is 79.2 Å². The van der Waals surface area contributed by atoms with E-state index in [2.05, 4.69) is 10.3 Å². The van der Waals surface area contributed by atoms with Gasteiger partial charge in [0, 0.05) is 20.3 Å². The molecule has 2 heterocycles. The van der Waals surface area contributed by atoms with Crippen molar-refractivity contribution in [3.63, 3.8) is 0 Å². The molecule has 2 rings (SSSR count). The Morgan fingerprint density at radius 1 is 1.69 bits per heavy atom. The van der Waals surface area contributed by atoms with Crippen LogP contribution in [-0.2, 0) is 7.05 Å². The quantitative estimate of drug-likeness (QED) is 0.737. The minimum Gasteiger partial charge on any atom is -0.355 e. The Morgan fingerprint density at radius 2 is 2.46 bits per heavy atom. The molecule has 0 bridgehead atoms. The summed E-state index contributed by atoms with van der Waals surface area (Å²) in [5.41, 5.74) is 3.31. The van der Waals surface area contributed by atoms with Crippen molar-refractivity contribution in [1.29, 1.82) is 0 Å². The number of rotatable bonds is 1. The third-order valence-electron chi connectivity index (χ3n) is 1.92. The SMILES string of the molecule is CNC(=O)c1cn(C)c2ncsc12. The molecule has 2 aromatic rings. The van der Waals surface area contributed by atoms with E-state index in [9.17, 15) is 4.79 Å². The number of carbonyl (C=O) groups excluding carboxylic acids is 1. The van der Waals surface area contributed by atoms with Crippen molar-refractivity contribution < 1.29 is 4.79 Å². The predicted molar refractivity (Wildman–Crippen MR) is 52.0 cm³/mol. The first-order chi connectivity index (χ1) is 6.24. The molecule has 0 saturated heterocycles. The number of carbonyl (C=O) groups is 1. The standard InChI is InChI=1S/C8H9N3OS/c1-9-8(12)5-3-11(2)7-6(5)13-4-10-7/h3-4H,1-2H3,(H,9,12). The fraction of sp³-hybridized carbons (Fsp3) is 0.250. The van der Waals surface area contributed by atoms with E-state index in [1.165, 1.54) is 11.3 Å². The summed E-state index contributed by atoms with van der Waals surface area (Å²) in [6.45, 7) is 0. The molecular weight excluding hydrogens is 186 g/mol. The average molecular weight is 195 g/mol. The van der Waals surface area contributed by atoms with E-state index in [4.69, 9.17) is 0 Å². The fourth-order valence-corrected chi connectivity index (χ4v) is 2.12. The Kier molecular flexibility index (Phi) is 1.81. The molecule has 0 aromatic carbocycles. The van der Waals surface area contributed by atoms with Gasteiger partial charge in [-0.2, -0.15) is 0 Å². The molecule has 0 aliphatic heterocycles. The zero-order chi connectivity index (χ0) is 9.42. The van der Waals surface area contributed by atoms with Gasteiger partial charge in [0.15, 0.2) is 5.65 Å². The van der Waals surface area contributed by atoms with Crippen LogP contribution in [0.3, 0.4) is 0 Å². The van der Waals surface area contributed by atoms with Gasteiger partial charge in [-0.25, -0.2) is 4.98 Å². The lowest BCUT2D eigenvalue weighted by Gasteiger charge is -1.93. The van der Waals surface area contributed by atoms with Gasteiger partial charge in [-0.1, -0.05) is 0 Å². The normalized spacial score (nSPS) is 10.6. The van der Waals surface area contributed by atoms with Gasteiger partial charge in [0.05, 0.1) is 15.8 Å². The molecule has 0 unspecified atom stereocenters. The van der Waals surface area contributed by atoms with Crippen LogP contribution in [-0.4, -0.2) is 22.5 Å². The van der Waals surface area contributed by atoms with Crippen molar-refractivity contribution in [1.82, 2.24) is 14.9 Å². The molecule has 68 valence electrons. The molecule has 0 saturated carbocycles. The maximum absolute atomic E-state index is 11.4. The molecular formula is C8H9N3OS. The van der Waals surface area contributed by atoms with E-state index in [1.54, 1.807) is 18.8 Å². The van der Waals surface area contributed by atoms with Crippen LogP contribution in [0.4, 0.5) is 0 Å². The largest absolute Gasteiger partial charge is 0.355 e. The van der Waals surface area contributed by atoms with Gasteiger partial charge in [-0.3, -0.25) is 4.79 Å². The summed E-state index contributed by atoms with van der Waals surface area (Å²) in [6.07, 6.45) is 1.80. The highest BCUT2D eigenvalue weighted by atomic mass is 32.1. The van der Waals surface area contributed by atoms with Crippen molar-refractivity contribution in [3.05, 3.63) is 17.3 Å². The molecule has 4 nitrogen and oxygen atoms in total. The number of nitrogens with one attached hydrogen (secondary N) is 1. The first-order valence-electron chi connectivity index (χ1n) is 3.84. The van der Waals surface area contributed by atoms with Crippen LogP contribution >= 0.6 is 11.3 Å². The molecule has 0 aliphatic rings. The third kappa shape index (κ3) is 1.12. The van der Waals surface area contributed by atoms with E-state index < -0.39 is 0 Å². The number of aryl methyl sites for hydroxylation is 1. The minimum absolute atomic E-state index is 0.0603. The Bertz CT molecular complexity index is 457. The Morgan fingerprint density at radius 3 is 3.15 bits per heavy atom. The van der Waals surface area contributed by atoms with Crippen molar-refractivity contribution in [2.24, 2.45) is 7.05 Å². The van der Waals surface area contributed by atoms with E-state index in [1.807, 2.05) is 11.6 Å². The number of thiazole rings is 1. The van der Waals surface area contributed by atoms with Crippen LogP contribution in [0, 0.1) is 0 Å². The lowest BCUT2D eigenvalue weighted by atomic mass is 10.3. The smallest absolute Gasteiger partial charge is 0.254 e. The highest BCUT2D eigenvalue weighted by Crippen LogP contribution is 2.23. The van der Waals surface area contributed by atoms with Gasteiger partial charge in [0.25, 0.3) is 5.91 Å². The van der Waals surface area contributed by atoms with Gasteiger partial charge in [-0.15, -0.1) is 11.3 Å². The van der Waals surface area contributed by atoms with Crippen molar-refractivity contribution in [2.75, 3.05) is 7.05 Å². The summed E-state index contributed by atoms with van der Waals surface area (Å²) in [4.78, 5) is 15.6. The topological polar surface area (TPSA) is 46.9 Å². The first kappa shape index (κ1) is 8.25. The molecule has 0 atom stereocenters. The van der Waals surface area contributed by atoms with Gasteiger partial charge in [0.1, 0.15) is 0 Å². The van der Waals surface area contributed by atoms with Crippen molar-refractivity contribution in [3.8, 4) is 0 Å². The first-order valence-corrected chi connectivity index (χ1v) is 4.72. The number of nitrogens with zero attached hydrogens (tertiary/aromatic N) is 2. The maximum atomic E-state index is 11.4. The fourth-order valence-electron chi connectivity index (χ4n) is 1.29. The highest BCUT2D eigenvalue weighted by Gasteiger charge is 2.13. The molecule has 2 aromatic heterocycles. The van der Waals surface area contributed by atoms with E-state index in [-0.39, 0.29) is 5.91 Å². The van der Waals surface area contributed by atoms with Gasteiger partial charge in [0.2, 0.25) is 0 Å². The molecule has 0 spiro atoms. The van der Waals surface area contributed by atoms with Gasteiger partial charge in [-0.05, 0) is 0 Å². The summed E-state index contributed by atoms with van der Waals surface area (Å²) >= 11 is 1.49. The Balaban J connectivity index is 2.68. The number of hydrogen-bond acceptors (Lipinski definition) is 3. The van der Waals surface area contributed by atoms with Gasteiger partial charge < -0.3 is 9.88 Å². The molecule has 0 aliphatic carbocycles. The minimum atomic E-state index is -0.0603. The number of hydrogen-bond donors (Lipinski definition) is 1. The third-order valence-corrected chi connectivity index (χ3v) is 2.77. The second-order valence-electron chi connectivity index (χ2n) is 2.74. The summed E-state index contributed by atoms with van der Waals surface area (Å²) in [7, 11) is 3.51. The summed E-state index contributed by atoms with van der Waals surface area (Å²) in [5.74, 6) is -0.0603. The summed E-state index contributed by atoms with van der Waals surface area (Å²) < 4.78 is 2.80. The van der Waals surface area contributed by atoms with Crippen LogP contribution in [0.2, 0.25) is 0 Å². The van der Waals surface area contributed by atoms with Crippen LogP contribution < -0.4 is 5.32 Å². The van der Waals surface area contributed by atoms with Crippen LogP contribution in [0.1, 0.15) is 10.4 Å². The number of fused-ring (bicyclic) bond motifs is 1. The van der Waals surface area contributed by atoms with E-state index in [0.29, 0.717) is 5.56 Å². The molecule has 1 amide bonds. The van der Waals surface area contributed by atoms with Crippen LogP contribution in [0.5, 0.6) is 0 Å². The molecule has 13 heavy (non-hydrogen) atoms. The zero-order valence-electron chi connectivity index (χ0n) is 7.37. The number of amides is 1. The average Bonchev–Trinajstić information content (AvgIpc) is 2.68. The lowest BCUT2D eigenvalue weighted by Crippen LogP contribution is -2.17. The molecule has 1 N–H and O–H groups in total. The zero-order valence-corrected chi connectivity index (χ0v) is 8.18. The molecule has 0 radical (unpaired) electrons. The van der Waals surface area contributed by atoms with Crippen LogP contribution in [0.25, 0.3) is 10.3 Å². The highest BCUT2D eigenvalue weighted by molar-refractivity contribution is 7.17. The summed E-state index contributed by atoms with van der Waals surface area (Å²) in [5, 5.41) is 2.60. The second kappa shape index (κ2) is 2.85. The second-order valence-corrected chi connectivity index (χ2v) is 3.59. The van der Waals surface area contributed by atoms with E-state index >= 15 is 0 Å². The van der Waals surface area contributed by atoms with E-state index in [0.717, 1.165) is 10.3 Å². The molecule has 5 heteroatoms. The van der Waals surface area contributed by atoms with Crippen LogP contribution in [0.15, 0.2) is 11.7 Å². The van der Waals surface area contributed by atoms with Crippen molar-refractivity contribution >= 4 is 27.6 Å². The Hall–Kier alpha value is -1.36. The van der Waals surface area contributed by atoms with Crippen molar-refractivity contribution in [2.45, 2.75) is 0 Å². The monoisotopic (exact) mass is 195 g/mol. The number of aromatic nitrogens is 2. The van der Waals surface area contributed by atoms with Gasteiger partial charge >= 0.3 is 0 Å². The lowest BCUT2D eigenvalue weighted by molar-refractivity contribution is 0.0964. The predicted octanol–water partition coefficient (Wildman–Crippen LogP) is 0.994. The summed E-state index contributed by atoms with van der Waals surface area (Å²) in [6, 6.07) is 0. The maximum Gasteiger partial charge on any atom is 0.254 e. The molecule has 0 fully saturated rings.